The normalized spacial score (nSPS) is 21.0. The van der Waals surface area contributed by atoms with Gasteiger partial charge in [0.1, 0.15) is 0 Å². The number of fused-ring (bicyclic) bond motifs is 1. The van der Waals surface area contributed by atoms with Crippen molar-refractivity contribution in [2.75, 3.05) is 13.2 Å². The smallest absolute Gasteiger partial charge is 0.0720 e. The van der Waals surface area contributed by atoms with Crippen molar-refractivity contribution in [1.29, 1.82) is 0 Å². The van der Waals surface area contributed by atoms with Crippen LogP contribution >= 0.6 is 11.6 Å². The summed E-state index contributed by atoms with van der Waals surface area (Å²) in [6.45, 7) is 1.49. The molecule has 0 bridgehead atoms. The van der Waals surface area contributed by atoms with E-state index in [2.05, 4.69) is 30.3 Å². The molecule has 1 atom stereocenters. The van der Waals surface area contributed by atoms with E-state index in [-0.39, 0.29) is 12.0 Å². The second-order valence-electron chi connectivity index (χ2n) is 5.57. The van der Waals surface area contributed by atoms with E-state index in [1.807, 2.05) is 18.2 Å². The van der Waals surface area contributed by atoms with E-state index >= 15 is 0 Å². The van der Waals surface area contributed by atoms with Crippen molar-refractivity contribution in [3.63, 3.8) is 0 Å². The maximum Gasteiger partial charge on any atom is 0.0720 e. The lowest BCUT2D eigenvalue weighted by Crippen LogP contribution is -2.38. The Kier molecular flexibility index (Phi) is 4.29. The first-order valence-corrected chi connectivity index (χ1v) is 7.67. The predicted molar refractivity (Wildman–Crippen MR) is 84.6 cm³/mol. The zero-order valence-electron chi connectivity index (χ0n) is 11.9. The van der Waals surface area contributed by atoms with Gasteiger partial charge < -0.3 is 9.84 Å². The van der Waals surface area contributed by atoms with E-state index < -0.39 is 0 Å². The Balaban J connectivity index is 2.12. The van der Waals surface area contributed by atoms with Gasteiger partial charge in [-0.25, -0.2) is 0 Å². The molecule has 3 rings (SSSR count). The van der Waals surface area contributed by atoms with Gasteiger partial charge in [-0.2, -0.15) is 0 Å². The number of rotatable bonds is 4. The average Bonchev–Trinajstić information content (AvgIpc) is 2.53. The van der Waals surface area contributed by atoms with Crippen molar-refractivity contribution in [1.82, 2.24) is 0 Å². The quantitative estimate of drug-likeness (QED) is 0.927. The van der Waals surface area contributed by atoms with Crippen LogP contribution in [0, 0.1) is 0 Å². The van der Waals surface area contributed by atoms with Crippen LogP contribution in [0.1, 0.15) is 29.5 Å². The first-order chi connectivity index (χ1) is 10.3. The Morgan fingerprint density at radius 2 is 1.86 bits per heavy atom. The number of benzene rings is 2. The molecule has 1 heterocycles. The molecule has 0 fully saturated rings. The van der Waals surface area contributed by atoms with Crippen molar-refractivity contribution in [2.45, 2.75) is 24.9 Å². The van der Waals surface area contributed by atoms with Gasteiger partial charge in [-0.05, 0) is 41.7 Å². The third-order valence-corrected chi connectivity index (χ3v) is 4.55. The SMILES string of the molecule is OCCCC1(c2ccc(Cl)cc2)COCc2ccccc21. The minimum Gasteiger partial charge on any atom is -0.396 e. The minimum absolute atomic E-state index is 0.192. The highest BCUT2D eigenvalue weighted by Crippen LogP contribution is 2.42. The average molecular weight is 303 g/mol. The first-order valence-electron chi connectivity index (χ1n) is 7.29. The molecule has 1 unspecified atom stereocenters. The van der Waals surface area contributed by atoms with Crippen LogP contribution in [0.15, 0.2) is 48.5 Å². The molecular formula is C18H19ClO2. The van der Waals surface area contributed by atoms with E-state index in [9.17, 15) is 5.11 Å². The molecule has 3 heteroatoms. The van der Waals surface area contributed by atoms with E-state index in [1.165, 1.54) is 16.7 Å². The van der Waals surface area contributed by atoms with Gasteiger partial charge in [0, 0.05) is 17.0 Å². The Hall–Kier alpha value is -1.35. The van der Waals surface area contributed by atoms with Crippen LogP contribution in [0.5, 0.6) is 0 Å². The highest BCUT2D eigenvalue weighted by Gasteiger charge is 2.38. The van der Waals surface area contributed by atoms with Crippen molar-refractivity contribution in [3.8, 4) is 0 Å². The lowest BCUT2D eigenvalue weighted by molar-refractivity contribution is 0.0594. The fourth-order valence-electron chi connectivity index (χ4n) is 3.27. The Morgan fingerprint density at radius 1 is 1.10 bits per heavy atom. The molecule has 2 aromatic carbocycles. The van der Waals surface area contributed by atoms with Gasteiger partial charge in [-0.3, -0.25) is 0 Å². The minimum atomic E-state index is -0.192. The molecular weight excluding hydrogens is 284 g/mol. The van der Waals surface area contributed by atoms with E-state index in [4.69, 9.17) is 16.3 Å². The van der Waals surface area contributed by atoms with E-state index in [0.717, 1.165) is 17.9 Å². The maximum absolute atomic E-state index is 9.29. The number of hydrogen-bond donors (Lipinski definition) is 1. The van der Waals surface area contributed by atoms with Crippen molar-refractivity contribution in [3.05, 3.63) is 70.2 Å². The molecule has 21 heavy (non-hydrogen) atoms. The van der Waals surface area contributed by atoms with Crippen molar-refractivity contribution < 1.29 is 9.84 Å². The molecule has 1 aliphatic rings. The molecule has 1 aliphatic heterocycles. The van der Waals surface area contributed by atoms with Crippen LogP contribution in [0.3, 0.4) is 0 Å². The van der Waals surface area contributed by atoms with E-state index in [0.29, 0.717) is 13.2 Å². The number of hydrogen-bond acceptors (Lipinski definition) is 2. The van der Waals surface area contributed by atoms with Gasteiger partial charge in [0.15, 0.2) is 0 Å². The standard InChI is InChI=1S/C18H19ClO2/c19-16-8-6-15(7-9-16)18(10-3-11-20)13-21-12-14-4-1-2-5-17(14)18/h1-2,4-9,20H,3,10-13H2. The summed E-state index contributed by atoms with van der Waals surface area (Å²) in [6.07, 6.45) is 1.61. The summed E-state index contributed by atoms with van der Waals surface area (Å²) in [5.41, 5.74) is 3.55. The predicted octanol–water partition coefficient (Wildman–Crippen LogP) is 3.93. The molecule has 1 N–H and O–H groups in total. The van der Waals surface area contributed by atoms with Crippen LogP contribution in [0.2, 0.25) is 5.02 Å². The van der Waals surface area contributed by atoms with Crippen LogP contribution in [-0.2, 0) is 16.8 Å². The van der Waals surface area contributed by atoms with Gasteiger partial charge >= 0.3 is 0 Å². The largest absolute Gasteiger partial charge is 0.396 e. The summed E-state index contributed by atoms with van der Waals surface area (Å²) < 4.78 is 5.88. The molecule has 110 valence electrons. The second kappa shape index (κ2) is 6.18. The van der Waals surface area contributed by atoms with Crippen LogP contribution in [0.25, 0.3) is 0 Å². The molecule has 0 saturated carbocycles. The summed E-state index contributed by atoms with van der Waals surface area (Å²) in [5.74, 6) is 0. The number of halogens is 1. The molecule has 0 amide bonds. The van der Waals surface area contributed by atoms with Gasteiger partial charge in [0.25, 0.3) is 0 Å². The highest BCUT2D eigenvalue weighted by atomic mass is 35.5. The molecule has 0 aliphatic carbocycles. The number of aliphatic hydroxyl groups excluding tert-OH is 1. The third-order valence-electron chi connectivity index (χ3n) is 4.30. The Morgan fingerprint density at radius 3 is 2.62 bits per heavy atom. The van der Waals surface area contributed by atoms with Gasteiger partial charge in [0.2, 0.25) is 0 Å². The van der Waals surface area contributed by atoms with E-state index in [1.54, 1.807) is 0 Å². The van der Waals surface area contributed by atoms with Crippen LogP contribution < -0.4 is 0 Å². The molecule has 0 aromatic heterocycles. The molecule has 2 aromatic rings. The summed E-state index contributed by atoms with van der Waals surface area (Å²) in [5, 5.41) is 10.0. The maximum atomic E-state index is 9.29. The lowest BCUT2D eigenvalue weighted by Gasteiger charge is -2.39. The zero-order valence-corrected chi connectivity index (χ0v) is 12.6. The van der Waals surface area contributed by atoms with Gasteiger partial charge in [0.05, 0.1) is 13.2 Å². The van der Waals surface area contributed by atoms with Crippen LogP contribution in [-0.4, -0.2) is 18.3 Å². The number of aliphatic hydroxyl groups is 1. The summed E-state index contributed by atoms with van der Waals surface area (Å²) >= 11 is 6.03. The van der Waals surface area contributed by atoms with Crippen LogP contribution in [0.4, 0.5) is 0 Å². The summed E-state index contributed by atoms with van der Waals surface area (Å²) in [6, 6.07) is 16.4. The fourth-order valence-corrected chi connectivity index (χ4v) is 3.39. The van der Waals surface area contributed by atoms with Gasteiger partial charge in [-0.15, -0.1) is 0 Å². The highest BCUT2D eigenvalue weighted by molar-refractivity contribution is 6.30. The molecule has 0 radical (unpaired) electrons. The van der Waals surface area contributed by atoms with Gasteiger partial charge in [-0.1, -0.05) is 48.0 Å². The third kappa shape index (κ3) is 2.71. The monoisotopic (exact) mass is 302 g/mol. The van der Waals surface area contributed by atoms with Crippen molar-refractivity contribution in [2.24, 2.45) is 0 Å². The second-order valence-corrected chi connectivity index (χ2v) is 6.00. The Bertz CT molecular complexity index is 609. The van der Waals surface area contributed by atoms with Crippen molar-refractivity contribution >= 4 is 11.6 Å². The molecule has 0 saturated heterocycles. The fraction of sp³-hybridized carbons (Fsp3) is 0.333. The number of ether oxygens (including phenoxy) is 1. The summed E-state index contributed by atoms with van der Waals surface area (Å²) in [4.78, 5) is 0. The first kappa shape index (κ1) is 14.6. The topological polar surface area (TPSA) is 29.5 Å². The molecule has 2 nitrogen and oxygen atoms in total. The molecule has 0 spiro atoms. The lowest BCUT2D eigenvalue weighted by atomic mass is 9.69. The zero-order chi connectivity index (χ0) is 14.7. The summed E-state index contributed by atoms with van der Waals surface area (Å²) in [7, 11) is 0. The Labute approximate surface area is 130 Å².